The van der Waals surface area contributed by atoms with Gasteiger partial charge >= 0.3 is 6.18 Å². The standard InChI is InChI=1S/C18H12F5N5O2/c19-10-4-2-1-3-9(10)8-25-13(12-5-6-30-28-12)7-11(24)16-26-15(20)14(17(29)27-16)18(21,22)23/h1-7H,8,24H2,(H,26,27,29)/b11-7-,25-13?. The van der Waals surface area contributed by atoms with E-state index in [0.29, 0.717) is 0 Å². The zero-order valence-electron chi connectivity index (χ0n) is 14.9. The molecule has 0 saturated heterocycles. The number of nitrogens with two attached hydrogens (primary N) is 1. The van der Waals surface area contributed by atoms with E-state index in [1.165, 1.54) is 30.5 Å². The van der Waals surface area contributed by atoms with Gasteiger partial charge in [-0.3, -0.25) is 9.79 Å². The lowest BCUT2D eigenvalue weighted by Crippen LogP contribution is -2.27. The summed E-state index contributed by atoms with van der Waals surface area (Å²) in [7, 11) is 0. The molecule has 0 fully saturated rings. The number of hydrogen-bond acceptors (Lipinski definition) is 6. The Labute approximate surface area is 164 Å². The number of nitrogens with one attached hydrogen (secondary N) is 1. The number of aromatic amines is 1. The van der Waals surface area contributed by atoms with E-state index in [9.17, 15) is 26.7 Å². The van der Waals surface area contributed by atoms with Crippen molar-refractivity contribution in [2.24, 2.45) is 10.7 Å². The van der Waals surface area contributed by atoms with E-state index in [-0.39, 0.29) is 23.5 Å². The van der Waals surface area contributed by atoms with Crippen LogP contribution in [-0.2, 0) is 12.7 Å². The van der Waals surface area contributed by atoms with Crippen LogP contribution < -0.4 is 11.3 Å². The maximum absolute atomic E-state index is 13.8. The normalized spacial score (nSPS) is 13.0. The summed E-state index contributed by atoms with van der Waals surface area (Å²) >= 11 is 0. The fourth-order valence-electron chi connectivity index (χ4n) is 2.39. The van der Waals surface area contributed by atoms with Gasteiger partial charge in [0, 0.05) is 11.6 Å². The topological polar surface area (TPSA) is 110 Å². The summed E-state index contributed by atoms with van der Waals surface area (Å²) in [6.07, 6.45) is -2.92. The number of aliphatic imine (C=N–C) groups is 1. The van der Waals surface area contributed by atoms with Crippen LogP contribution in [0.15, 0.2) is 57.0 Å². The molecule has 7 nitrogen and oxygen atoms in total. The fourth-order valence-corrected chi connectivity index (χ4v) is 2.39. The number of nitrogens with zero attached hydrogens (tertiary/aromatic N) is 3. The highest BCUT2D eigenvalue weighted by Gasteiger charge is 2.39. The minimum Gasteiger partial charge on any atom is -0.396 e. The predicted octanol–water partition coefficient (Wildman–Crippen LogP) is 3.04. The van der Waals surface area contributed by atoms with Crippen LogP contribution in [0.4, 0.5) is 22.0 Å². The summed E-state index contributed by atoms with van der Waals surface area (Å²) in [5, 5.41) is 3.66. The van der Waals surface area contributed by atoms with Gasteiger partial charge in [0.05, 0.1) is 18.0 Å². The van der Waals surface area contributed by atoms with Crippen molar-refractivity contribution >= 4 is 11.4 Å². The molecular formula is C18H12F5N5O2. The molecule has 3 rings (SSSR count). The predicted molar refractivity (Wildman–Crippen MR) is 95.1 cm³/mol. The van der Waals surface area contributed by atoms with Gasteiger partial charge in [-0.05, 0) is 12.1 Å². The molecule has 156 valence electrons. The van der Waals surface area contributed by atoms with Gasteiger partial charge in [-0.2, -0.15) is 22.5 Å². The summed E-state index contributed by atoms with van der Waals surface area (Å²) in [4.78, 5) is 20.7. The first-order valence-corrected chi connectivity index (χ1v) is 8.20. The molecule has 12 heteroatoms. The highest BCUT2D eigenvalue weighted by molar-refractivity contribution is 6.10. The van der Waals surface area contributed by atoms with Gasteiger partial charge in [-0.25, -0.2) is 4.39 Å². The second-order valence-electron chi connectivity index (χ2n) is 5.86. The maximum atomic E-state index is 13.8. The number of allylic oxidation sites excluding steroid dienone is 1. The second kappa shape index (κ2) is 8.27. The first-order valence-electron chi connectivity index (χ1n) is 8.20. The molecule has 0 aliphatic heterocycles. The molecule has 2 heterocycles. The van der Waals surface area contributed by atoms with Gasteiger partial charge in [0.2, 0.25) is 5.95 Å². The zero-order valence-corrected chi connectivity index (χ0v) is 14.9. The minimum absolute atomic E-state index is 0.0347. The Morgan fingerprint density at radius 3 is 2.57 bits per heavy atom. The Morgan fingerprint density at radius 1 is 1.23 bits per heavy atom. The van der Waals surface area contributed by atoms with Crippen LogP contribution >= 0.6 is 0 Å². The average Bonchev–Trinajstić information content (AvgIpc) is 3.19. The molecule has 3 N–H and O–H groups in total. The molecule has 0 radical (unpaired) electrons. The third-order valence-electron chi connectivity index (χ3n) is 3.80. The van der Waals surface area contributed by atoms with E-state index in [0.717, 1.165) is 6.08 Å². The van der Waals surface area contributed by atoms with Gasteiger partial charge in [0.15, 0.2) is 11.4 Å². The van der Waals surface area contributed by atoms with Crippen LogP contribution in [0.3, 0.4) is 0 Å². The van der Waals surface area contributed by atoms with Crippen molar-refractivity contribution in [2.75, 3.05) is 0 Å². The number of hydrogen-bond donors (Lipinski definition) is 2. The number of aromatic nitrogens is 3. The molecule has 0 atom stereocenters. The Kier molecular flexibility index (Phi) is 5.76. The smallest absolute Gasteiger partial charge is 0.396 e. The average molecular weight is 425 g/mol. The van der Waals surface area contributed by atoms with Gasteiger partial charge in [0.25, 0.3) is 5.56 Å². The molecular weight excluding hydrogens is 413 g/mol. The van der Waals surface area contributed by atoms with Crippen molar-refractivity contribution in [2.45, 2.75) is 12.7 Å². The molecule has 0 spiro atoms. The molecule has 3 aromatic rings. The summed E-state index contributed by atoms with van der Waals surface area (Å²) in [6, 6.07) is 7.24. The quantitative estimate of drug-likeness (QED) is 0.371. The highest BCUT2D eigenvalue weighted by atomic mass is 19.4. The van der Waals surface area contributed by atoms with E-state index in [1.54, 1.807) is 11.1 Å². The van der Waals surface area contributed by atoms with E-state index >= 15 is 0 Å². The maximum Gasteiger partial charge on any atom is 0.426 e. The van der Waals surface area contributed by atoms with Gasteiger partial charge in [-0.1, -0.05) is 23.4 Å². The molecule has 30 heavy (non-hydrogen) atoms. The van der Waals surface area contributed by atoms with Crippen LogP contribution in [0, 0.1) is 11.8 Å². The Morgan fingerprint density at radius 2 is 1.97 bits per heavy atom. The number of benzene rings is 1. The first kappa shape index (κ1) is 20.9. The van der Waals surface area contributed by atoms with E-state index < -0.39 is 40.6 Å². The van der Waals surface area contributed by atoms with Crippen molar-refractivity contribution in [3.8, 4) is 0 Å². The number of alkyl halides is 3. The van der Waals surface area contributed by atoms with Crippen LogP contribution in [0.5, 0.6) is 0 Å². The van der Waals surface area contributed by atoms with E-state index in [4.69, 9.17) is 10.3 Å². The molecule has 0 amide bonds. The minimum atomic E-state index is -5.23. The van der Waals surface area contributed by atoms with E-state index in [1.807, 2.05) is 0 Å². The van der Waals surface area contributed by atoms with Crippen molar-refractivity contribution in [1.82, 2.24) is 15.1 Å². The second-order valence-corrected chi connectivity index (χ2v) is 5.86. The van der Waals surface area contributed by atoms with Crippen molar-refractivity contribution in [1.29, 1.82) is 0 Å². The largest absolute Gasteiger partial charge is 0.426 e. The van der Waals surface area contributed by atoms with Crippen molar-refractivity contribution in [3.63, 3.8) is 0 Å². The number of halogens is 5. The lowest BCUT2D eigenvalue weighted by atomic mass is 10.2. The Bertz CT molecular complexity index is 1170. The van der Waals surface area contributed by atoms with Gasteiger partial charge < -0.3 is 15.2 Å². The summed E-state index contributed by atoms with van der Waals surface area (Å²) in [6.45, 7) is -0.135. The SMILES string of the molecule is N/C(=C\C(=NCc1ccccc1F)c1ccon1)c1nc(F)c(C(F)(F)F)c(=O)[nH]1. The monoisotopic (exact) mass is 425 g/mol. The molecule has 0 bridgehead atoms. The van der Waals surface area contributed by atoms with Crippen LogP contribution in [0.25, 0.3) is 5.70 Å². The lowest BCUT2D eigenvalue weighted by molar-refractivity contribution is -0.141. The van der Waals surface area contributed by atoms with Gasteiger partial charge in [0.1, 0.15) is 17.8 Å². The highest BCUT2D eigenvalue weighted by Crippen LogP contribution is 2.27. The number of H-pyrrole nitrogens is 1. The first-order chi connectivity index (χ1) is 14.2. The fraction of sp³-hybridized carbons (Fsp3) is 0.111. The van der Waals surface area contributed by atoms with Gasteiger partial charge in [-0.15, -0.1) is 0 Å². The Balaban J connectivity index is 2.01. The molecule has 1 aromatic carbocycles. The zero-order chi connectivity index (χ0) is 21.9. The molecule has 2 aromatic heterocycles. The van der Waals surface area contributed by atoms with E-state index in [2.05, 4.69) is 15.1 Å². The summed E-state index contributed by atoms with van der Waals surface area (Å²) in [5.41, 5.74) is 1.99. The molecule has 0 aliphatic rings. The molecule has 0 aliphatic carbocycles. The van der Waals surface area contributed by atoms with Crippen molar-refractivity contribution < 1.29 is 26.5 Å². The molecule has 0 saturated carbocycles. The van der Waals surface area contributed by atoms with Crippen LogP contribution in [-0.4, -0.2) is 20.8 Å². The molecule has 0 unspecified atom stereocenters. The number of rotatable bonds is 5. The van der Waals surface area contributed by atoms with Crippen LogP contribution in [0.1, 0.15) is 22.6 Å². The van der Waals surface area contributed by atoms with Crippen molar-refractivity contribution in [3.05, 3.63) is 87.4 Å². The summed E-state index contributed by atoms with van der Waals surface area (Å²) in [5.74, 6) is -3.18. The lowest BCUT2D eigenvalue weighted by Gasteiger charge is -2.08. The third kappa shape index (κ3) is 4.59. The Hall–Kier alpha value is -3.83. The van der Waals surface area contributed by atoms with Crippen LogP contribution in [0.2, 0.25) is 0 Å². The summed E-state index contributed by atoms with van der Waals surface area (Å²) < 4.78 is 70.4. The third-order valence-corrected chi connectivity index (χ3v) is 3.80.